The molecule has 0 radical (unpaired) electrons. The van der Waals surface area contributed by atoms with Gasteiger partial charge in [-0.2, -0.15) is 0 Å². The van der Waals surface area contributed by atoms with Crippen molar-refractivity contribution in [3.8, 4) is 0 Å². The van der Waals surface area contributed by atoms with Crippen LogP contribution in [0.1, 0.15) is 6.92 Å². The molecule has 1 aromatic rings. The summed E-state index contributed by atoms with van der Waals surface area (Å²) in [5.41, 5.74) is 0. The van der Waals surface area contributed by atoms with Crippen LogP contribution in [-0.2, 0) is 4.74 Å². The Morgan fingerprint density at radius 1 is 1.35 bits per heavy atom. The molecule has 0 aliphatic rings. The van der Waals surface area contributed by atoms with E-state index in [1.165, 1.54) is 7.05 Å². The summed E-state index contributed by atoms with van der Waals surface area (Å²) in [4.78, 5) is 3.81. The molecule has 0 fully saturated rings. The van der Waals surface area contributed by atoms with Gasteiger partial charge >= 0.3 is 0 Å². The van der Waals surface area contributed by atoms with Gasteiger partial charge in [-0.05, 0) is 5.92 Å². The summed E-state index contributed by atoms with van der Waals surface area (Å²) in [6.45, 7) is 3.03. The summed E-state index contributed by atoms with van der Waals surface area (Å²) in [5, 5.41) is 5.38. The van der Waals surface area contributed by atoms with Gasteiger partial charge in [-0.3, -0.25) is 0 Å². The van der Waals surface area contributed by atoms with Crippen LogP contribution in [0.2, 0.25) is 0 Å². The molecule has 6 heteroatoms. The van der Waals surface area contributed by atoms with E-state index in [1.54, 1.807) is 7.11 Å². The quantitative estimate of drug-likeness (QED) is 0.805. The largest absolute Gasteiger partial charge is 0.384 e. The Kier molecular flexibility index (Phi) is 5.09. The standard InChI is InChI=1S/C11H17F2N3O/c1-7(6-17-3)5-15-11-9(13)4-8(12)10(14-2)16-11/h4,7H,5-6H2,1-3H3,(H2,14,15,16). The van der Waals surface area contributed by atoms with Crippen molar-refractivity contribution in [1.29, 1.82) is 0 Å². The molecular formula is C11H17F2N3O. The fraction of sp³-hybridized carbons (Fsp3) is 0.545. The highest BCUT2D eigenvalue weighted by Gasteiger charge is 2.11. The zero-order valence-electron chi connectivity index (χ0n) is 10.2. The molecule has 1 atom stereocenters. The van der Waals surface area contributed by atoms with Gasteiger partial charge in [0.15, 0.2) is 23.3 Å². The molecule has 0 aliphatic heterocycles. The molecule has 96 valence electrons. The lowest BCUT2D eigenvalue weighted by molar-refractivity contribution is 0.164. The molecule has 17 heavy (non-hydrogen) atoms. The maximum Gasteiger partial charge on any atom is 0.168 e. The minimum atomic E-state index is -0.708. The maximum absolute atomic E-state index is 13.4. The smallest absolute Gasteiger partial charge is 0.168 e. The molecule has 1 unspecified atom stereocenters. The van der Waals surface area contributed by atoms with Crippen LogP contribution in [0.4, 0.5) is 20.4 Å². The van der Waals surface area contributed by atoms with E-state index in [0.717, 1.165) is 6.07 Å². The van der Waals surface area contributed by atoms with Gasteiger partial charge in [-0.1, -0.05) is 6.92 Å². The van der Waals surface area contributed by atoms with Gasteiger partial charge in [-0.15, -0.1) is 0 Å². The molecular weight excluding hydrogens is 228 g/mol. The number of methoxy groups -OCH3 is 1. The Balaban J connectivity index is 2.70. The second-order valence-electron chi connectivity index (χ2n) is 3.84. The van der Waals surface area contributed by atoms with E-state index in [2.05, 4.69) is 15.6 Å². The van der Waals surface area contributed by atoms with Gasteiger partial charge < -0.3 is 15.4 Å². The number of anilines is 2. The molecule has 1 aromatic heterocycles. The van der Waals surface area contributed by atoms with Crippen LogP contribution in [0.3, 0.4) is 0 Å². The van der Waals surface area contributed by atoms with Gasteiger partial charge in [0.25, 0.3) is 0 Å². The predicted octanol–water partition coefficient (Wildman–Crippen LogP) is 2.10. The van der Waals surface area contributed by atoms with Crippen molar-refractivity contribution in [2.45, 2.75) is 6.92 Å². The molecule has 0 spiro atoms. The van der Waals surface area contributed by atoms with E-state index in [-0.39, 0.29) is 17.6 Å². The molecule has 0 bridgehead atoms. The first-order chi connectivity index (χ1) is 8.08. The zero-order chi connectivity index (χ0) is 12.8. The van der Waals surface area contributed by atoms with Gasteiger partial charge in [0.1, 0.15) is 0 Å². The molecule has 0 amide bonds. The average Bonchev–Trinajstić information content (AvgIpc) is 2.28. The molecule has 1 heterocycles. The summed E-state index contributed by atoms with van der Waals surface area (Å²) < 4.78 is 31.5. The molecule has 1 rings (SSSR count). The minimum Gasteiger partial charge on any atom is -0.384 e. The Hall–Kier alpha value is -1.43. The minimum absolute atomic E-state index is 0.0216. The maximum atomic E-state index is 13.4. The topological polar surface area (TPSA) is 46.2 Å². The summed E-state index contributed by atoms with van der Waals surface area (Å²) in [5.74, 6) is -1.14. The monoisotopic (exact) mass is 245 g/mol. The van der Waals surface area contributed by atoms with Crippen LogP contribution in [0, 0.1) is 17.6 Å². The molecule has 2 N–H and O–H groups in total. The normalized spacial score (nSPS) is 12.3. The van der Waals surface area contributed by atoms with Gasteiger partial charge in [-0.25, -0.2) is 13.8 Å². The Morgan fingerprint density at radius 2 is 2.00 bits per heavy atom. The highest BCUT2D eigenvalue weighted by atomic mass is 19.1. The number of hydrogen-bond donors (Lipinski definition) is 2. The van der Waals surface area contributed by atoms with E-state index in [0.29, 0.717) is 13.2 Å². The number of nitrogens with zero attached hydrogens (tertiary/aromatic N) is 1. The molecule has 0 saturated carbocycles. The average molecular weight is 245 g/mol. The van der Waals surface area contributed by atoms with E-state index in [4.69, 9.17) is 4.74 Å². The number of aromatic nitrogens is 1. The highest BCUT2D eigenvalue weighted by Crippen LogP contribution is 2.18. The van der Waals surface area contributed by atoms with E-state index in [1.807, 2.05) is 6.92 Å². The first-order valence-electron chi connectivity index (χ1n) is 5.35. The highest BCUT2D eigenvalue weighted by molar-refractivity contribution is 5.47. The number of nitrogens with one attached hydrogen (secondary N) is 2. The lowest BCUT2D eigenvalue weighted by Gasteiger charge is -2.13. The first kappa shape index (κ1) is 13.6. The summed E-state index contributed by atoms with van der Waals surface area (Å²) >= 11 is 0. The number of ether oxygens (including phenoxy) is 1. The molecule has 0 aliphatic carbocycles. The van der Waals surface area contributed by atoms with Crippen molar-refractivity contribution in [2.75, 3.05) is 37.9 Å². The van der Waals surface area contributed by atoms with Gasteiger partial charge in [0, 0.05) is 26.8 Å². The third-order valence-electron chi connectivity index (χ3n) is 2.24. The fourth-order valence-corrected chi connectivity index (χ4v) is 1.38. The van der Waals surface area contributed by atoms with Crippen molar-refractivity contribution in [3.63, 3.8) is 0 Å². The van der Waals surface area contributed by atoms with Crippen LogP contribution < -0.4 is 10.6 Å². The molecule has 0 saturated heterocycles. The fourth-order valence-electron chi connectivity index (χ4n) is 1.38. The SMILES string of the molecule is CNc1nc(NCC(C)COC)c(F)cc1F. The van der Waals surface area contributed by atoms with Crippen LogP contribution >= 0.6 is 0 Å². The lowest BCUT2D eigenvalue weighted by atomic mass is 10.2. The van der Waals surface area contributed by atoms with Crippen LogP contribution in [0.15, 0.2) is 6.07 Å². The van der Waals surface area contributed by atoms with Crippen molar-refractivity contribution >= 4 is 11.6 Å². The second-order valence-corrected chi connectivity index (χ2v) is 3.84. The molecule has 4 nitrogen and oxygen atoms in total. The van der Waals surface area contributed by atoms with Gasteiger partial charge in [0.05, 0.1) is 6.61 Å². The predicted molar refractivity (Wildman–Crippen MR) is 63.2 cm³/mol. The van der Waals surface area contributed by atoms with Gasteiger partial charge in [0.2, 0.25) is 0 Å². The lowest BCUT2D eigenvalue weighted by Crippen LogP contribution is -2.17. The van der Waals surface area contributed by atoms with Crippen LogP contribution in [0.25, 0.3) is 0 Å². The Labute approximate surface area is 99.4 Å². The summed E-state index contributed by atoms with van der Waals surface area (Å²) in [6.07, 6.45) is 0. The third-order valence-corrected chi connectivity index (χ3v) is 2.24. The Morgan fingerprint density at radius 3 is 2.59 bits per heavy atom. The van der Waals surface area contributed by atoms with Crippen molar-refractivity contribution in [1.82, 2.24) is 4.98 Å². The Bertz CT molecular complexity index is 374. The number of pyridine rings is 1. The van der Waals surface area contributed by atoms with E-state index >= 15 is 0 Å². The van der Waals surface area contributed by atoms with Crippen molar-refractivity contribution < 1.29 is 13.5 Å². The van der Waals surface area contributed by atoms with E-state index < -0.39 is 11.6 Å². The summed E-state index contributed by atoms with van der Waals surface area (Å²) in [7, 11) is 3.13. The van der Waals surface area contributed by atoms with Crippen molar-refractivity contribution in [2.24, 2.45) is 5.92 Å². The zero-order valence-corrected chi connectivity index (χ0v) is 10.2. The number of halogens is 2. The second kappa shape index (κ2) is 6.34. The summed E-state index contributed by atoms with van der Waals surface area (Å²) in [6, 6.07) is 0.808. The third kappa shape index (κ3) is 3.81. The number of rotatable bonds is 6. The first-order valence-corrected chi connectivity index (χ1v) is 5.35. The van der Waals surface area contributed by atoms with E-state index in [9.17, 15) is 8.78 Å². The number of hydrogen-bond acceptors (Lipinski definition) is 4. The van der Waals surface area contributed by atoms with Crippen molar-refractivity contribution in [3.05, 3.63) is 17.7 Å². The molecule has 0 aromatic carbocycles. The van der Waals surface area contributed by atoms with Crippen LogP contribution in [-0.4, -0.2) is 32.3 Å². The van der Waals surface area contributed by atoms with Crippen LogP contribution in [0.5, 0.6) is 0 Å².